The van der Waals surface area contributed by atoms with Crippen molar-refractivity contribution in [1.29, 1.82) is 0 Å². The van der Waals surface area contributed by atoms with E-state index in [1.54, 1.807) is 7.11 Å². The third-order valence-electron chi connectivity index (χ3n) is 3.08. The fourth-order valence-electron chi connectivity index (χ4n) is 2.04. The Labute approximate surface area is 128 Å². The highest BCUT2D eigenvalue weighted by molar-refractivity contribution is 6.34. The van der Waals surface area contributed by atoms with Gasteiger partial charge in [-0.1, -0.05) is 37.0 Å². The minimum absolute atomic E-state index is 0.182. The first-order chi connectivity index (χ1) is 9.43. The Morgan fingerprint density at radius 1 is 1.10 bits per heavy atom. The first-order valence-electron chi connectivity index (χ1n) is 6.32. The molecule has 0 saturated heterocycles. The first kappa shape index (κ1) is 15.1. The molecule has 5 heteroatoms. The van der Waals surface area contributed by atoms with Crippen molar-refractivity contribution in [1.82, 2.24) is 9.97 Å². The van der Waals surface area contributed by atoms with Gasteiger partial charge >= 0.3 is 0 Å². The summed E-state index contributed by atoms with van der Waals surface area (Å²) in [6.45, 7) is 5.98. The number of nitrogens with zero attached hydrogens (tertiary/aromatic N) is 2. The molecule has 1 heterocycles. The van der Waals surface area contributed by atoms with E-state index in [0.29, 0.717) is 16.1 Å². The number of rotatable bonds is 3. The van der Waals surface area contributed by atoms with Crippen molar-refractivity contribution in [3.63, 3.8) is 0 Å². The Bertz CT molecular complexity index is 619. The van der Waals surface area contributed by atoms with E-state index in [1.165, 1.54) is 0 Å². The summed E-state index contributed by atoms with van der Waals surface area (Å²) >= 11 is 12.4. The van der Waals surface area contributed by atoms with E-state index in [4.69, 9.17) is 27.9 Å². The molecular weight excluding hydrogens is 295 g/mol. The van der Waals surface area contributed by atoms with Crippen molar-refractivity contribution in [3.8, 4) is 17.1 Å². The maximum absolute atomic E-state index is 6.22. The van der Waals surface area contributed by atoms with Crippen molar-refractivity contribution < 1.29 is 4.74 Å². The SMILES string of the molecule is COc1ccc(-c2nc(Cl)c(C(C)C)c(Cl)n2)cc1C. The Balaban J connectivity index is 2.51. The van der Waals surface area contributed by atoms with Crippen LogP contribution >= 0.6 is 23.2 Å². The summed E-state index contributed by atoms with van der Waals surface area (Å²) in [4.78, 5) is 8.70. The van der Waals surface area contributed by atoms with Crippen LogP contribution in [0.3, 0.4) is 0 Å². The number of hydrogen-bond donors (Lipinski definition) is 0. The van der Waals surface area contributed by atoms with Crippen LogP contribution in [0.2, 0.25) is 10.3 Å². The van der Waals surface area contributed by atoms with E-state index in [1.807, 2.05) is 39.0 Å². The Hall–Kier alpha value is -1.32. The summed E-state index contributed by atoms with van der Waals surface area (Å²) in [7, 11) is 1.64. The second-order valence-corrected chi connectivity index (χ2v) is 5.60. The quantitative estimate of drug-likeness (QED) is 0.757. The van der Waals surface area contributed by atoms with Crippen LogP contribution in [0.15, 0.2) is 18.2 Å². The van der Waals surface area contributed by atoms with Gasteiger partial charge in [-0.15, -0.1) is 0 Å². The molecular formula is C15H16Cl2N2O. The van der Waals surface area contributed by atoms with Crippen LogP contribution in [0.1, 0.15) is 30.9 Å². The molecule has 0 amide bonds. The van der Waals surface area contributed by atoms with Gasteiger partial charge in [0.05, 0.1) is 7.11 Å². The number of aryl methyl sites for hydroxylation is 1. The highest BCUT2D eigenvalue weighted by atomic mass is 35.5. The molecule has 0 aliphatic heterocycles. The standard InChI is InChI=1S/C15H16Cl2N2O/c1-8(2)12-13(16)18-15(19-14(12)17)10-5-6-11(20-4)9(3)7-10/h5-8H,1-4H3. The summed E-state index contributed by atoms with van der Waals surface area (Å²) in [5.41, 5.74) is 2.65. The van der Waals surface area contributed by atoms with Crippen molar-refractivity contribution in [2.45, 2.75) is 26.7 Å². The fraction of sp³-hybridized carbons (Fsp3) is 0.333. The van der Waals surface area contributed by atoms with Gasteiger partial charge in [-0.25, -0.2) is 9.97 Å². The summed E-state index contributed by atoms with van der Waals surface area (Å²) in [5, 5.41) is 0.812. The molecule has 0 saturated carbocycles. The van der Waals surface area contributed by atoms with Crippen LogP contribution < -0.4 is 4.74 Å². The predicted octanol–water partition coefficient (Wildman–Crippen LogP) is 4.89. The molecule has 106 valence electrons. The fourth-order valence-corrected chi connectivity index (χ4v) is 2.86. The van der Waals surface area contributed by atoms with Gasteiger partial charge in [0.15, 0.2) is 5.82 Å². The average molecular weight is 311 g/mol. The Morgan fingerprint density at radius 2 is 1.70 bits per heavy atom. The number of halogens is 2. The van der Waals surface area contributed by atoms with Gasteiger partial charge in [0, 0.05) is 11.1 Å². The van der Waals surface area contributed by atoms with E-state index in [9.17, 15) is 0 Å². The zero-order chi connectivity index (χ0) is 14.9. The number of methoxy groups -OCH3 is 1. The van der Waals surface area contributed by atoms with Gasteiger partial charge < -0.3 is 4.74 Å². The highest BCUT2D eigenvalue weighted by Gasteiger charge is 2.16. The molecule has 0 aliphatic carbocycles. The smallest absolute Gasteiger partial charge is 0.162 e. The molecule has 0 atom stereocenters. The van der Waals surface area contributed by atoms with E-state index in [0.717, 1.165) is 22.4 Å². The maximum atomic E-state index is 6.22. The molecule has 2 rings (SSSR count). The average Bonchev–Trinajstić information content (AvgIpc) is 2.37. The molecule has 0 N–H and O–H groups in total. The molecule has 2 aromatic rings. The Kier molecular flexibility index (Phi) is 4.51. The van der Waals surface area contributed by atoms with Crippen LogP contribution in [0.5, 0.6) is 5.75 Å². The lowest BCUT2D eigenvalue weighted by molar-refractivity contribution is 0.412. The van der Waals surface area contributed by atoms with Gasteiger partial charge in [0.25, 0.3) is 0 Å². The third kappa shape index (κ3) is 2.89. The van der Waals surface area contributed by atoms with Gasteiger partial charge in [-0.3, -0.25) is 0 Å². The predicted molar refractivity (Wildman–Crippen MR) is 82.9 cm³/mol. The number of hydrogen-bond acceptors (Lipinski definition) is 3. The van der Waals surface area contributed by atoms with Crippen LogP contribution in [-0.4, -0.2) is 17.1 Å². The largest absolute Gasteiger partial charge is 0.496 e. The van der Waals surface area contributed by atoms with E-state index >= 15 is 0 Å². The van der Waals surface area contributed by atoms with Crippen LogP contribution in [0.4, 0.5) is 0 Å². The molecule has 0 spiro atoms. The van der Waals surface area contributed by atoms with E-state index in [-0.39, 0.29) is 5.92 Å². The van der Waals surface area contributed by atoms with Crippen LogP contribution in [-0.2, 0) is 0 Å². The monoisotopic (exact) mass is 310 g/mol. The molecule has 0 fully saturated rings. The lowest BCUT2D eigenvalue weighted by atomic mass is 10.1. The molecule has 0 radical (unpaired) electrons. The minimum atomic E-state index is 0.182. The number of ether oxygens (including phenoxy) is 1. The number of aromatic nitrogens is 2. The normalized spacial score (nSPS) is 10.9. The van der Waals surface area contributed by atoms with Gasteiger partial charge in [0.2, 0.25) is 0 Å². The second kappa shape index (κ2) is 5.98. The number of benzene rings is 1. The molecule has 3 nitrogen and oxygen atoms in total. The molecule has 0 bridgehead atoms. The van der Waals surface area contributed by atoms with Gasteiger partial charge in [-0.2, -0.15) is 0 Å². The van der Waals surface area contributed by atoms with Crippen LogP contribution in [0.25, 0.3) is 11.4 Å². The molecule has 0 aliphatic rings. The molecule has 1 aromatic carbocycles. The van der Waals surface area contributed by atoms with Crippen molar-refractivity contribution in [2.75, 3.05) is 7.11 Å². The molecule has 1 aromatic heterocycles. The summed E-state index contributed by atoms with van der Waals surface area (Å²) in [5.74, 6) is 1.53. The lowest BCUT2D eigenvalue weighted by Crippen LogP contribution is -1.99. The van der Waals surface area contributed by atoms with Gasteiger partial charge in [0.1, 0.15) is 16.1 Å². The van der Waals surface area contributed by atoms with Crippen molar-refractivity contribution >= 4 is 23.2 Å². The maximum Gasteiger partial charge on any atom is 0.162 e. The first-order valence-corrected chi connectivity index (χ1v) is 7.07. The third-order valence-corrected chi connectivity index (χ3v) is 3.66. The van der Waals surface area contributed by atoms with Crippen molar-refractivity contribution in [3.05, 3.63) is 39.6 Å². The summed E-state index contributed by atoms with van der Waals surface area (Å²) < 4.78 is 5.24. The molecule has 20 heavy (non-hydrogen) atoms. The zero-order valence-corrected chi connectivity index (χ0v) is 13.4. The lowest BCUT2D eigenvalue weighted by Gasteiger charge is -2.12. The Morgan fingerprint density at radius 3 is 2.15 bits per heavy atom. The summed E-state index contributed by atoms with van der Waals surface area (Å²) in [6, 6.07) is 5.73. The zero-order valence-electron chi connectivity index (χ0n) is 11.9. The van der Waals surface area contributed by atoms with Crippen LogP contribution in [0, 0.1) is 6.92 Å². The summed E-state index contributed by atoms with van der Waals surface area (Å²) in [6.07, 6.45) is 0. The topological polar surface area (TPSA) is 35.0 Å². The van der Waals surface area contributed by atoms with E-state index < -0.39 is 0 Å². The molecule has 0 unspecified atom stereocenters. The van der Waals surface area contributed by atoms with E-state index in [2.05, 4.69) is 9.97 Å². The second-order valence-electron chi connectivity index (χ2n) is 4.88. The highest BCUT2D eigenvalue weighted by Crippen LogP contribution is 2.32. The minimum Gasteiger partial charge on any atom is -0.496 e. The van der Waals surface area contributed by atoms with Crippen molar-refractivity contribution in [2.24, 2.45) is 0 Å². The van der Waals surface area contributed by atoms with Gasteiger partial charge in [-0.05, 0) is 36.6 Å².